The van der Waals surface area contributed by atoms with Gasteiger partial charge < -0.3 is 4.74 Å². The minimum Gasteiger partial charge on any atom is -0.368 e. The fraction of sp³-hybridized carbons (Fsp3) is 0.778. The van der Waals surface area contributed by atoms with Crippen LogP contribution in [0.1, 0.15) is 25.8 Å². The van der Waals surface area contributed by atoms with Gasteiger partial charge in [0.25, 0.3) is 0 Å². The number of morpholine rings is 1. The van der Waals surface area contributed by atoms with Gasteiger partial charge in [0.1, 0.15) is 6.10 Å². The Balaban J connectivity index is 2.07. The monoisotopic (exact) mass is 212 g/mol. The first-order valence-corrected chi connectivity index (χ1v) is 5.17. The summed E-state index contributed by atoms with van der Waals surface area (Å²) in [4.78, 5) is 15.8. The Morgan fingerprint density at radius 1 is 1.60 bits per heavy atom. The van der Waals surface area contributed by atoms with Gasteiger partial charge in [-0.3, -0.25) is 9.88 Å². The molecule has 1 fully saturated rings. The van der Waals surface area contributed by atoms with E-state index in [0.717, 1.165) is 13.1 Å². The van der Waals surface area contributed by atoms with Crippen LogP contribution in [0.5, 0.6) is 0 Å². The number of aromatic amines is 2. The largest absolute Gasteiger partial charge is 0.368 e. The maximum absolute atomic E-state index is 10.9. The number of ether oxygens (including phenoxy) is 1. The van der Waals surface area contributed by atoms with Gasteiger partial charge in [0.05, 0.1) is 6.61 Å². The summed E-state index contributed by atoms with van der Waals surface area (Å²) in [6.07, 6.45) is -0.125. The molecule has 0 bridgehead atoms. The molecule has 0 aromatic carbocycles. The highest BCUT2D eigenvalue weighted by molar-refractivity contribution is 4.91. The molecule has 1 unspecified atom stereocenters. The van der Waals surface area contributed by atoms with Crippen molar-refractivity contribution in [3.63, 3.8) is 0 Å². The van der Waals surface area contributed by atoms with E-state index in [-0.39, 0.29) is 11.8 Å². The van der Waals surface area contributed by atoms with E-state index in [2.05, 4.69) is 33.9 Å². The quantitative estimate of drug-likeness (QED) is 0.716. The van der Waals surface area contributed by atoms with Crippen LogP contribution in [0.3, 0.4) is 0 Å². The summed E-state index contributed by atoms with van der Waals surface area (Å²) in [5.41, 5.74) is -0.282. The smallest absolute Gasteiger partial charge is 0.340 e. The zero-order valence-corrected chi connectivity index (χ0v) is 8.99. The van der Waals surface area contributed by atoms with Gasteiger partial charge in [-0.15, -0.1) is 0 Å². The Morgan fingerprint density at radius 2 is 2.40 bits per heavy atom. The Labute approximate surface area is 87.6 Å². The van der Waals surface area contributed by atoms with Gasteiger partial charge >= 0.3 is 5.69 Å². The van der Waals surface area contributed by atoms with Gasteiger partial charge in [-0.25, -0.2) is 9.89 Å². The summed E-state index contributed by atoms with van der Waals surface area (Å²) >= 11 is 0. The van der Waals surface area contributed by atoms with Gasteiger partial charge in [0.15, 0.2) is 5.82 Å². The topological polar surface area (TPSA) is 74.0 Å². The second-order valence-corrected chi connectivity index (χ2v) is 4.01. The van der Waals surface area contributed by atoms with Gasteiger partial charge in [-0.2, -0.15) is 5.10 Å². The first-order valence-electron chi connectivity index (χ1n) is 5.17. The molecule has 1 atom stereocenters. The Bertz CT molecular complexity index is 370. The molecular weight excluding hydrogens is 196 g/mol. The van der Waals surface area contributed by atoms with Crippen LogP contribution in [-0.4, -0.2) is 45.8 Å². The highest BCUT2D eigenvalue weighted by Gasteiger charge is 2.25. The molecule has 1 aliphatic heterocycles. The lowest BCUT2D eigenvalue weighted by atomic mass is 10.2. The van der Waals surface area contributed by atoms with Crippen molar-refractivity contribution in [1.29, 1.82) is 0 Å². The van der Waals surface area contributed by atoms with Gasteiger partial charge in [-0.1, -0.05) is 0 Å². The van der Waals surface area contributed by atoms with Crippen LogP contribution in [0, 0.1) is 0 Å². The maximum Gasteiger partial charge on any atom is 0.340 e. The van der Waals surface area contributed by atoms with Crippen LogP contribution in [0.4, 0.5) is 0 Å². The molecule has 0 aliphatic carbocycles. The summed E-state index contributed by atoms with van der Waals surface area (Å²) in [6.45, 7) is 6.68. The van der Waals surface area contributed by atoms with Gasteiger partial charge in [0.2, 0.25) is 0 Å². The minimum atomic E-state index is -0.282. The molecule has 6 heteroatoms. The molecule has 84 valence electrons. The lowest BCUT2D eigenvalue weighted by molar-refractivity contribution is -0.0441. The molecule has 1 aromatic heterocycles. The van der Waals surface area contributed by atoms with Crippen molar-refractivity contribution in [2.75, 3.05) is 19.7 Å². The first kappa shape index (κ1) is 10.4. The average molecular weight is 212 g/mol. The highest BCUT2D eigenvalue weighted by Crippen LogP contribution is 2.19. The van der Waals surface area contributed by atoms with Crippen molar-refractivity contribution in [3.8, 4) is 0 Å². The third-order valence-electron chi connectivity index (χ3n) is 2.65. The van der Waals surface area contributed by atoms with Crippen LogP contribution in [-0.2, 0) is 4.74 Å². The molecule has 2 heterocycles. The van der Waals surface area contributed by atoms with E-state index in [1.165, 1.54) is 0 Å². The summed E-state index contributed by atoms with van der Waals surface area (Å²) in [5.74, 6) is 0.588. The van der Waals surface area contributed by atoms with Crippen molar-refractivity contribution >= 4 is 0 Å². The minimum absolute atomic E-state index is 0.125. The number of hydrogen-bond donors (Lipinski definition) is 2. The van der Waals surface area contributed by atoms with Crippen LogP contribution in [0.15, 0.2) is 4.79 Å². The van der Waals surface area contributed by atoms with Crippen molar-refractivity contribution in [2.24, 2.45) is 0 Å². The van der Waals surface area contributed by atoms with Gasteiger partial charge in [-0.05, 0) is 13.8 Å². The second-order valence-electron chi connectivity index (χ2n) is 4.01. The summed E-state index contributed by atoms with van der Waals surface area (Å²) < 4.78 is 5.56. The number of nitrogens with zero attached hydrogens (tertiary/aromatic N) is 2. The number of hydrogen-bond acceptors (Lipinski definition) is 4. The molecule has 0 amide bonds. The number of rotatable bonds is 2. The Hall–Kier alpha value is -1.14. The van der Waals surface area contributed by atoms with E-state index < -0.39 is 0 Å². The van der Waals surface area contributed by atoms with Gasteiger partial charge in [0, 0.05) is 19.1 Å². The number of nitrogens with one attached hydrogen (secondary N) is 2. The normalized spacial score (nSPS) is 23.5. The van der Waals surface area contributed by atoms with Crippen molar-refractivity contribution in [1.82, 2.24) is 20.1 Å². The average Bonchev–Trinajstić information content (AvgIpc) is 2.65. The predicted molar refractivity (Wildman–Crippen MR) is 54.6 cm³/mol. The van der Waals surface area contributed by atoms with E-state index in [9.17, 15) is 4.79 Å². The van der Waals surface area contributed by atoms with Crippen molar-refractivity contribution < 1.29 is 4.74 Å². The molecule has 6 nitrogen and oxygen atoms in total. The van der Waals surface area contributed by atoms with Crippen molar-refractivity contribution in [3.05, 3.63) is 16.3 Å². The SMILES string of the molecule is CC(C)N1CCOC(c2n[nH]c(=O)[nH]2)C1. The summed E-state index contributed by atoms with van der Waals surface area (Å²) in [6, 6.07) is 0.488. The standard InChI is InChI=1S/C9H16N4O2/c1-6(2)13-3-4-15-7(5-13)8-10-9(14)12-11-8/h6-7H,3-5H2,1-2H3,(H2,10,11,12,14). The van der Waals surface area contributed by atoms with E-state index in [1.807, 2.05) is 0 Å². The van der Waals surface area contributed by atoms with Crippen molar-refractivity contribution in [2.45, 2.75) is 26.0 Å². The fourth-order valence-corrected chi connectivity index (χ4v) is 1.74. The third-order valence-corrected chi connectivity index (χ3v) is 2.65. The molecule has 2 N–H and O–H groups in total. The van der Waals surface area contributed by atoms with Crippen LogP contribution in [0.25, 0.3) is 0 Å². The van der Waals surface area contributed by atoms with Crippen LogP contribution >= 0.6 is 0 Å². The molecule has 2 rings (SSSR count). The zero-order valence-electron chi connectivity index (χ0n) is 8.99. The molecule has 0 radical (unpaired) electrons. The molecule has 1 saturated heterocycles. The van der Waals surface area contributed by atoms with E-state index in [1.54, 1.807) is 0 Å². The van der Waals surface area contributed by atoms with E-state index in [0.29, 0.717) is 18.5 Å². The zero-order chi connectivity index (χ0) is 10.8. The van der Waals surface area contributed by atoms with E-state index in [4.69, 9.17) is 4.74 Å². The summed E-state index contributed by atoms with van der Waals surface area (Å²) in [7, 11) is 0. The van der Waals surface area contributed by atoms with Crippen LogP contribution < -0.4 is 5.69 Å². The number of H-pyrrole nitrogens is 2. The maximum atomic E-state index is 10.9. The molecule has 15 heavy (non-hydrogen) atoms. The lowest BCUT2D eigenvalue weighted by Crippen LogP contribution is -2.42. The molecule has 0 spiro atoms. The number of aromatic nitrogens is 3. The molecule has 0 saturated carbocycles. The molecule has 1 aromatic rings. The summed E-state index contributed by atoms with van der Waals surface area (Å²) in [5, 5.41) is 6.24. The Morgan fingerprint density at radius 3 is 3.00 bits per heavy atom. The third kappa shape index (κ3) is 2.27. The predicted octanol–water partition coefficient (Wildman–Crippen LogP) is -0.120. The molecule has 1 aliphatic rings. The first-order chi connectivity index (χ1) is 7.16. The lowest BCUT2D eigenvalue weighted by Gasteiger charge is -2.34. The second kappa shape index (κ2) is 4.16. The van der Waals surface area contributed by atoms with Crippen LogP contribution in [0.2, 0.25) is 0 Å². The highest BCUT2D eigenvalue weighted by atomic mass is 16.5. The molecular formula is C9H16N4O2. The fourth-order valence-electron chi connectivity index (χ4n) is 1.74. The Kier molecular flexibility index (Phi) is 2.88. The van der Waals surface area contributed by atoms with E-state index >= 15 is 0 Å².